The summed E-state index contributed by atoms with van der Waals surface area (Å²) in [4.78, 5) is 21.4. The Kier molecular flexibility index (Phi) is 6.10. The molecule has 1 aliphatic heterocycles. The van der Waals surface area contributed by atoms with Crippen LogP contribution in [0.3, 0.4) is 0 Å². The molecular weight excluding hydrogens is 368 g/mol. The molecular formula is C22H32N4OS. The van der Waals surface area contributed by atoms with Gasteiger partial charge >= 0.3 is 0 Å². The summed E-state index contributed by atoms with van der Waals surface area (Å²) in [5.41, 5.74) is 2.26. The molecule has 0 aliphatic carbocycles. The second-order valence-corrected chi connectivity index (χ2v) is 9.84. The van der Waals surface area contributed by atoms with Gasteiger partial charge in [0.2, 0.25) is 5.91 Å². The largest absolute Gasteiger partial charge is 0.357 e. The highest BCUT2D eigenvalue weighted by Gasteiger charge is 2.40. The number of nitrogens with zero attached hydrogens (tertiary/aromatic N) is 3. The topological polar surface area (TPSA) is 48.5 Å². The molecule has 3 rings (SSSR count). The normalized spacial score (nSPS) is 17.0. The molecule has 1 N–H and O–H groups in total. The molecule has 1 aromatic carbocycles. The number of likely N-dealkylation sites (tertiary alicyclic amines) is 1. The Morgan fingerprint density at radius 2 is 1.86 bits per heavy atom. The minimum absolute atomic E-state index is 0.0169. The summed E-state index contributed by atoms with van der Waals surface area (Å²) in [5.74, 6) is 0.208. The predicted octanol–water partition coefficient (Wildman–Crippen LogP) is 3.82. The van der Waals surface area contributed by atoms with Crippen LogP contribution in [0.5, 0.6) is 0 Å². The van der Waals surface area contributed by atoms with Gasteiger partial charge in [-0.15, -0.1) is 11.3 Å². The average molecular weight is 401 g/mol. The number of likely N-dealkylation sites (N-methyl/N-ethyl adjacent to an activating group) is 1. The first-order valence-corrected chi connectivity index (χ1v) is 10.8. The van der Waals surface area contributed by atoms with Gasteiger partial charge in [-0.1, -0.05) is 30.3 Å². The lowest BCUT2D eigenvalue weighted by Gasteiger charge is -2.41. The first-order valence-electron chi connectivity index (χ1n) is 9.92. The molecule has 1 amide bonds. The van der Waals surface area contributed by atoms with Crippen LogP contribution in [0.1, 0.15) is 44.9 Å². The molecule has 6 heteroatoms. The molecule has 0 spiro atoms. The van der Waals surface area contributed by atoms with Gasteiger partial charge in [-0.2, -0.15) is 0 Å². The molecule has 1 aliphatic rings. The number of hydrogen-bond donors (Lipinski definition) is 1. The van der Waals surface area contributed by atoms with Crippen LogP contribution in [0.4, 0.5) is 5.13 Å². The average Bonchev–Trinajstić information content (AvgIpc) is 3.09. The Morgan fingerprint density at radius 1 is 1.21 bits per heavy atom. The van der Waals surface area contributed by atoms with Crippen LogP contribution >= 0.6 is 11.3 Å². The fraction of sp³-hybridized carbons (Fsp3) is 0.545. The van der Waals surface area contributed by atoms with Crippen molar-refractivity contribution in [1.82, 2.24) is 14.8 Å². The van der Waals surface area contributed by atoms with Crippen LogP contribution in [-0.4, -0.2) is 60.0 Å². The van der Waals surface area contributed by atoms with Crippen LogP contribution in [0, 0.1) is 0 Å². The molecule has 152 valence electrons. The van der Waals surface area contributed by atoms with Crippen LogP contribution in [-0.2, 0) is 10.2 Å². The predicted molar refractivity (Wildman–Crippen MR) is 117 cm³/mol. The molecule has 0 saturated carbocycles. The van der Waals surface area contributed by atoms with Gasteiger partial charge in [0.25, 0.3) is 0 Å². The molecule has 1 fully saturated rings. The summed E-state index contributed by atoms with van der Waals surface area (Å²) < 4.78 is 0. The second-order valence-electron chi connectivity index (χ2n) is 8.98. The van der Waals surface area contributed by atoms with Crippen molar-refractivity contribution >= 4 is 22.4 Å². The van der Waals surface area contributed by atoms with E-state index in [0.29, 0.717) is 6.54 Å². The SMILES string of the molecule is CN(C)CC(=O)N1CCC(c2ccccc2)(c2csc(NC(C)(C)C)n2)CC1. The second kappa shape index (κ2) is 8.21. The maximum Gasteiger partial charge on any atom is 0.236 e. The van der Waals surface area contributed by atoms with Gasteiger partial charge in [0.1, 0.15) is 0 Å². The van der Waals surface area contributed by atoms with Crippen molar-refractivity contribution in [1.29, 1.82) is 0 Å². The number of aromatic nitrogens is 1. The smallest absolute Gasteiger partial charge is 0.236 e. The third-order valence-electron chi connectivity index (χ3n) is 5.22. The number of piperidine rings is 1. The zero-order chi connectivity index (χ0) is 20.4. The van der Waals surface area contributed by atoms with Crippen molar-refractivity contribution in [3.05, 3.63) is 47.0 Å². The number of thiazole rings is 1. The highest BCUT2D eigenvalue weighted by Crippen LogP contribution is 2.42. The number of anilines is 1. The summed E-state index contributed by atoms with van der Waals surface area (Å²) in [5, 5.41) is 6.65. The number of benzene rings is 1. The van der Waals surface area contributed by atoms with Crippen molar-refractivity contribution in [3.8, 4) is 0 Å². The summed E-state index contributed by atoms with van der Waals surface area (Å²) in [6.45, 7) is 8.44. The Balaban J connectivity index is 1.87. The minimum atomic E-state index is -0.134. The van der Waals surface area contributed by atoms with E-state index < -0.39 is 0 Å². The molecule has 2 aromatic rings. The third-order valence-corrected chi connectivity index (χ3v) is 5.98. The fourth-order valence-electron chi connectivity index (χ4n) is 3.83. The van der Waals surface area contributed by atoms with E-state index in [1.165, 1.54) is 5.56 Å². The van der Waals surface area contributed by atoms with Crippen molar-refractivity contribution in [2.24, 2.45) is 0 Å². The first kappa shape index (κ1) is 20.8. The summed E-state index contributed by atoms with van der Waals surface area (Å²) in [6, 6.07) is 10.7. The molecule has 28 heavy (non-hydrogen) atoms. The number of amides is 1. The zero-order valence-corrected chi connectivity index (χ0v) is 18.5. The Morgan fingerprint density at radius 3 is 2.43 bits per heavy atom. The van der Waals surface area contributed by atoms with E-state index in [1.807, 2.05) is 23.9 Å². The Labute approximate surface area is 172 Å². The number of rotatable bonds is 5. The summed E-state index contributed by atoms with van der Waals surface area (Å²) in [6.07, 6.45) is 1.80. The minimum Gasteiger partial charge on any atom is -0.357 e. The molecule has 5 nitrogen and oxygen atoms in total. The van der Waals surface area contributed by atoms with Crippen molar-refractivity contribution in [3.63, 3.8) is 0 Å². The zero-order valence-electron chi connectivity index (χ0n) is 17.7. The highest BCUT2D eigenvalue weighted by atomic mass is 32.1. The van der Waals surface area contributed by atoms with E-state index in [1.54, 1.807) is 11.3 Å². The highest BCUT2D eigenvalue weighted by molar-refractivity contribution is 7.13. The van der Waals surface area contributed by atoms with E-state index in [2.05, 4.69) is 61.8 Å². The quantitative estimate of drug-likeness (QED) is 0.829. The molecule has 0 bridgehead atoms. The molecule has 0 atom stereocenters. The van der Waals surface area contributed by atoms with Gasteiger partial charge < -0.3 is 15.1 Å². The number of hydrogen-bond acceptors (Lipinski definition) is 5. The molecule has 0 unspecified atom stereocenters. The molecule has 1 aromatic heterocycles. The van der Waals surface area contributed by atoms with Gasteiger partial charge in [0.15, 0.2) is 5.13 Å². The Hall–Kier alpha value is -1.92. The number of carbonyl (C=O) groups is 1. The molecule has 1 saturated heterocycles. The Bertz CT molecular complexity index is 786. The monoisotopic (exact) mass is 400 g/mol. The number of nitrogens with one attached hydrogen (secondary N) is 1. The standard InChI is InChI=1S/C22H32N4OS/c1-21(2,3)24-20-23-18(16-28-20)22(17-9-7-6-8-10-17)11-13-26(14-12-22)19(27)15-25(4)5/h6-10,16H,11-15H2,1-5H3,(H,23,24). The maximum absolute atomic E-state index is 12.5. The van der Waals surface area contributed by atoms with E-state index in [4.69, 9.17) is 4.98 Å². The van der Waals surface area contributed by atoms with E-state index in [-0.39, 0.29) is 16.9 Å². The summed E-state index contributed by atoms with van der Waals surface area (Å²) in [7, 11) is 3.88. The van der Waals surface area contributed by atoms with Crippen LogP contribution in [0.15, 0.2) is 35.7 Å². The van der Waals surface area contributed by atoms with Gasteiger partial charge in [-0.3, -0.25) is 4.79 Å². The van der Waals surface area contributed by atoms with Crippen molar-refractivity contribution in [2.45, 2.75) is 44.6 Å². The van der Waals surface area contributed by atoms with Crippen LogP contribution < -0.4 is 5.32 Å². The lowest BCUT2D eigenvalue weighted by atomic mass is 9.70. The maximum atomic E-state index is 12.5. The van der Waals surface area contributed by atoms with Gasteiger partial charge in [-0.05, 0) is 53.3 Å². The van der Waals surface area contributed by atoms with Crippen molar-refractivity contribution in [2.75, 3.05) is 39.0 Å². The van der Waals surface area contributed by atoms with Gasteiger partial charge in [0.05, 0.1) is 12.2 Å². The van der Waals surface area contributed by atoms with E-state index >= 15 is 0 Å². The lowest BCUT2D eigenvalue weighted by molar-refractivity contribution is -0.133. The molecule has 2 heterocycles. The van der Waals surface area contributed by atoms with Crippen LogP contribution in [0.25, 0.3) is 0 Å². The molecule has 0 radical (unpaired) electrons. The van der Waals surface area contributed by atoms with Crippen LogP contribution in [0.2, 0.25) is 0 Å². The van der Waals surface area contributed by atoms with E-state index in [9.17, 15) is 4.79 Å². The fourth-order valence-corrected chi connectivity index (χ4v) is 4.85. The van der Waals surface area contributed by atoms with Gasteiger partial charge in [-0.25, -0.2) is 4.98 Å². The first-order chi connectivity index (χ1) is 13.2. The van der Waals surface area contributed by atoms with Gasteiger partial charge in [0, 0.05) is 29.4 Å². The van der Waals surface area contributed by atoms with E-state index in [0.717, 1.165) is 36.8 Å². The number of carbonyl (C=O) groups excluding carboxylic acids is 1. The third kappa shape index (κ3) is 4.73. The summed E-state index contributed by atoms with van der Waals surface area (Å²) >= 11 is 1.67. The van der Waals surface area contributed by atoms with Crippen molar-refractivity contribution < 1.29 is 4.79 Å². The lowest BCUT2D eigenvalue weighted by Crippen LogP contribution is -2.48.